The number of nitrogens with one attached hydrogen (secondary N) is 2. The minimum atomic E-state index is -3.86. The molecular weight excluding hydrogens is 557 g/mol. The van der Waals surface area contributed by atoms with Gasteiger partial charge in [0.1, 0.15) is 5.75 Å². The maximum Gasteiger partial charge on any atom is 0.262 e. The second-order valence-corrected chi connectivity index (χ2v) is 12.2. The number of benzene rings is 2. The van der Waals surface area contributed by atoms with Crippen LogP contribution >= 0.6 is 23.2 Å². The molecule has 3 heterocycles. The van der Waals surface area contributed by atoms with E-state index in [0.29, 0.717) is 44.9 Å². The number of ether oxygens (including phenoxy) is 1. The van der Waals surface area contributed by atoms with E-state index >= 15 is 0 Å². The van der Waals surface area contributed by atoms with Gasteiger partial charge in [0.25, 0.3) is 10.0 Å². The molecule has 0 bridgehead atoms. The lowest BCUT2D eigenvalue weighted by Crippen LogP contribution is -2.35. The molecule has 2 N–H and O–H groups in total. The summed E-state index contributed by atoms with van der Waals surface area (Å²) in [5, 5.41) is 1.43. The van der Waals surface area contributed by atoms with Crippen molar-refractivity contribution < 1.29 is 13.2 Å². The van der Waals surface area contributed by atoms with E-state index in [1.807, 2.05) is 12.4 Å². The normalized spacial score (nSPS) is 14.6. The summed E-state index contributed by atoms with van der Waals surface area (Å²) in [6, 6.07) is 9.75. The molecule has 4 aromatic rings. The van der Waals surface area contributed by atoms with E-state index in [1.165, 1.54) is 6.07 Å². The number of nitrogens with zero attached hydrogens (tertiary/aromatic N) is 3. The van der Waals surface area contributed by atoms with Crippen molar-refractivity contribution in [2.75, 3.05) is 29.3 Å². The fraction of sp³-hybridized carbons (Fsp3) is 0.357. The molecular formula is C28H31Cl2N5O3S. The summed E-state index contributed by atoms with van der Waals surface area (Å²) in [7, 11) is -3.86. The molecule has 8 nitrogen and oxygen atoms in total. The van der Waals surface area contributed by atoms with Crippen molar-refractivity contribution in [3.05, 3.63) is 70.6 Å². The van der Waals surface area contributed by atoms with Crippen LogP contribution in [0.25, 0.3) is 10.9 Å². The third-order valence-electron chi connectivity index (χ3n) is 7.12. The quantitative estimate of drug-likeness (QED) is 0.200. The number of halogens is 2. The van der Waals surface area contributed by atoms with Crippen LogP contribution < -0.4 is 14.4 Å². The van der Waals surface area contributed by atoms with E-state index in [2.05, 4.69) is 31.5 Å². The summed E-state index contributed by atoms with van der Waals surface area (Å²) in [6.07, 6.45) is 10.5. The van der Waals surface area contributed by atoms with Gasteiger partial charge in [0, 0.05) is 43.1 Å². The molecule has 0 saturated carbocycles. The standard InChI is InChI=1S/C28H31Cl2N5O3S/c1-2-19-16-32-28(33-17-19)35-12-10-20(11-13-35)5-4-14-38-21-6-3-7-22(15-21)39(36,37)34-25-9-8-23(29)26-24(30)18-31-27(25)26/h3,6-9,15-18,20,31,34H,2,4-5,10-14H2,1H3. The van der Waals surface area contributed by atoms with Gasteiger partial charge in [-0.3, -0.25) is 4.72 Å². The van der Waals surface area contributed by atoms with Crippen molar-refractivity contribution in [3.8, 4) is 5.75 Å². The van der Waals surface area contributed by atoms with Gasteiger partial charge in [-0.1, -0.05) is 36.2 Å². The summed E-state index contributed by atoms with van der Waals surface area (Å²) in [5.74, 6) is 1.97. The largest absolute Gasteiger partial charge is 0.494 e. The summed E-state index contributed by atoms with van der Waals surface area (Å²) < 4.78 is 34.8. The number of aromatic amines is 1. The minimum Gasteiger partial charge on any atom is -0.494 e. The monoisotopic (exact) mass is 587 g/mol. The molecule has 39 heavy (non-hydrogen) atoms. The van der Waals surface area contributed by atoms with E-state index < -0.39 is 10.0 Å². The SMILES string of the molecule is CCc1cnc(N2CCC(CCCOc3cccc(S(=O)(=O)Nc4ccc(Cl)c5c(Cl)c[nH]c45)c3)CC2)nc1. The second-order valence-electron chi connectivity index (χ2n) is 9.73. The topological polar surface area (TPSA) is 100 Å². The Morgan fingerprint density at radius 1 is 1.10 bits per heavy atom. The minimum absolute atomic E-state index is 0.113. The van der Waals surface area contributed by atoms with Gasteiger partial charge in [0.15, 0.2) is 0 Å². The average Bonchev–Trinajstić information content (AvgIpc) is 3.36. The van der Waals surface area contributed by atoms with Gasteiger partial charge in [-0.25, -0.2) is 18.4 Å². The van der Waals surface area contributed by atoms with Gasteiger partial charge in [-0.2, -0.15) is 0 Å². The Morgan fingerprint density at radius 2 is 1.87 bits per heavy atom. The van der Waals surface area contributed by atoms with Crippen LogP contribution in [0, 0.1) is 5.92 Å². The first kappa shape index (κ1) is 27.6. The molecule has 5 rings (SSSR count). The molecule has 2 aromatic heterocycles. The summed E-state index contributed by atoms with van der Waals surface area (Å²) in [6.45, 7) is 4.54. The highest BCUT2D eigenvalue weighted by Gasteiger charge is 2.21. The Bertz CT molecular complexity index is 1530. The molecule has 0 atom stereocenters. The Kier molecular flexibility index (Phi) is 8.49. The molecule has 0 spiro atoms. The fourth-order valence-corrected chi connectivity index (χ4v) is 6.53. The number of sulfonamides is 1. The molecule has 2 aromatic carbocycles. The Morgan fingerprint density at radius 3 is 2.62 bits per heavy atom. The van der Waals surface area contributed by atoms with Crippen molar-refractivity contribution in [2.24, 2.45) is 5.92 Å². The maximum absolute atomic E-state index is 13.1. The van der Waals surface area contributed by atoms with Crippen LogP contribution in [0.15, 0.2) is 59.9 Å². The first-order valence-electron chi connectivity index (χ1n) is 13.1. The zero-order chi connectivity index (χ0) is 27.4. The van der Waals surface area contributed by atoms with Gasteiger partial charge < -0.3 is 14.6 Å². The maximum atomic E-state index is 13.1. The summed E-state index contributed by atoms with van der Waals surface area (Å²) >= 11 is 12.4. The van der Waals surface area contributed by atoms with Crippen molar-refractivity contribution in [3.63, 3.8) is 0 Å². The van der Waals surface area contributed by atoms with Gasteiger partial charge in [0.05, 0.1) is 32.8 Å². The summed E-state index contributed by atoms with van der Waals surface area (Å²) in [5.41, 5.74) is 2.04. The van der Waals surface area contributed by atoms with Crippen LogP contribution in [-0.2, 0) is 16.4 Å². The van der Waals surface area contributed by atoms with Crippen LogP contribution in [0.2, 0.25) is 10.0 Å². The zero-order valence-corrected chi connectivity index (χ0v) is 24.0. The van der Waals surface area contributed by atoms with E-state index in [-0.39, 0.29) is 4.90 Å². The number of anilines is 2. The number of aryl methyl sites for hydroxylation is 1. The number of fused-ring (bicyclic) bond motifs is 1. The third-order valence-corrected chi connectivity index (χ3v) is 9.10. The van der Waals surface area contributed by atoms with Crippen LogP contribution in [0.5, 0.6) is 5.75 Å². The van der Waals surface area contributed by atoms with E-state index in [9.17, 15) is 8.42 Å². The molecule has 0 unspecified atom stereocenters. The molecule has 1 aliphatic heterocycles. The van der Waals surface area contributed by atoms with Crippen LogP contribution in [0.4, 0.5) is 11.6 Å². The highest BCUT2D eigenvalue weighted by atomic mass is 35.5. The van der Waals surface area contributed by atoms with E-state index in [4.69, 9.17) is 27.9 Å². The van der Waals surface area contributed by atoms with Crippen LogP contribution in [0.1, 0.15) is 38.2 Å². The Labute approximate surface area is 238 Å². The lowest BCUT2D eigenvalue weighted by Gasteiger charge is -2.32. The van der Waals surface area contributed by atoms with Gasteiger partial charge in [-0.05, 0) is 67.9 Å². The average molecular weight is 589 g/mol. The lowest BCUT2D eigenvalue weighted by molar-refractivity contribution is 0.278. The second kappa shape index (κ2) is 12.0. The Hall–Kier alpha value is -3.01. The van der Waals surface area contributed by atoms with Crippen molar-refractivity contribution in [1.29, 1.82) is 0 Å². The molecule has 1 aliphatic rings. The smallest absolute Gasteiger partial charge is 0.262 e. The van der Waals surface area contributed by atoms with E-state index in [1.54, 1.807) is 36.5 Å². The van der Waals surface area contributed by atoms with Crippen LogP contribution in [0.3, 0.4) is 0 Å². The molecule has 0 aliphatic carbocycles. The van der Waals surface area contributed by atoms with Crippen molar-refractivity contribution in [2.45, 2.75) is 43.9 Å². The molecule has 1 fully saturated rings. The zero-order valence-electron chi connectivity index (χ0n) is 21.7. The summed E-state index contributed by atoms with van der Waals surface area (Å²) in [4.78, 5) is 14.4. The number of hydrogen-bond acceptors (Lipinski definition) is 6. The van der Waals surface area contributed by atoms with Gasteiger partial charge in [0.2, 0.25) is 5.95 Å². The third kappa shape index (κ3) is 6.42. The van der Waals surface area contributed by atoms with Crippen molar-refractivity contribution >= 4 is 55.8 Å². The molecule has 1 saturated heterocycles. The fourth-order valence-electron chi connectivity index (χ4n) is 4.87. The first-order valence-corrected chi connectivity index (χ1v) is 15.3. The highest BCUT2D eigenvalue weighted by Crippen LogP contribution is 2.35. The number of piperidine rings is 1. The lowest BCUT2D eigenvalue weighted by atomic mass is 9.92. The van der Waals surface area contributed by atoms with Crippen LogP contribution in [-0.4, -0.2) is 43.1 Å². The molecule has 11 heteroatoms. The first-order chi connectivity index (χ1) is 18.8. The van der Waals surface area contributed by atoms with Gasteiger partial charge in [-0.15, -0.1) is 0 Å². The molecule has 0 amide bonds. The van der Waals surface area contributed by atoms with Crippen molar-refractivity contribution in [1.82, 2.24) is 15.0 Å². The predicted molar refractivity (Wildman–Crippen MR) is 157 cm³/mol. The number of hydrogen-bond donors (Lipinski definition) is 2. The Balaban J connectivity index is 1.12. The predicted octanol–water partition coefficient (Wildman–Crippen LogP) is 6.70. The molecule has 0 radical (unpaired) electrons. The van der Waals surface area contributed by atoms with E-state index in [0.717, 1.165) is 56.7 Å². The van der Waals surface area contributed by atoms with Gasteiger partial charge >= 0.3 is 0 Å². The number of rotatable bonds is 10. The number of H-pyrrole nitrogens is 1. The number of aromatic nitrogens is 3. The highest BCUT2D eigenvalue weighted by molar-refractivity contribution is 7.92. The molecule has 206 valence electrons.